The number of hydrogen-bond donors (Lipinski definition) is 0. The maximum atomic E-state index is 12.7. The molecule has 5 rings (SSSR count). The monoisotopic (exact) mass is 421 g/mol. The van der Waals surface area contributed by atoms with Gasteiger partial charge in [-0.25, -0.2) is 0 Å². The number of hydrogen-bond acceptors (Lipinski definition) is 5. The summed E-state index contributed by atoms with van der Waals surface area (Å²) in [5, 5.41) is 0. The molecule has 0 saturated carbocycles. The lowest BCUT2D eigenvalue weighted by Gasteiger charge is -2.27. The molecule has 0 bridgehead atoms. The molecule has 1 atom stereocenters. The molecule has 6 heteroatoms. The molecular formula is C25H31N3O3. The normalized spacial score (nSPS) is 22.9. The molecule has 2 fully saturated rings. The van der Waals surface area contributed by atoms with Crippen LogP contribution in [0.4, 0.5) is 0 Å². The molecule has 2 aromatic rings. The summed E-state index contributed by atoms with van der Waals surface area (Å²) in [7, 11) is 0. The van der Waals surface area contributed by atoms with Gasteiger partial charge >= 0.3 is 0 Å². The van der Waals surface area contributed by atoms with Crippen LogP contribution in [0.5, 0.6) is 5.75 Å². The molecule has 2 saturated heterocycles. The van der Waals surface area contributed by atoms with Gasteiger partial charge in [0.2, 0.25) is 0 Å². The first-order valence-electron chi connectivity index (χ1n) is 11.4. The van der Waals surface area contributed by atoms with Gasteiger partial charge in [-0.3, -0.25) is 14.7 Å². The summed E-state index contributed by atoms with van der Waals surface area (Å²) < 4.78 is 11.4. The summed E-state index contributed by atoms with van der Waals surface area (Å²) in [5.74, 6) is 1.07. The smallest absolute Gasteiger partial charge is 0.255 e. The van der Waals surface area contributed by atoms with Gasteiger partial charge < -0.3 is 14.4 Å². The number of ether oxygens (including phenoxy) is 2. The SMILES string of the molecule is CC1(C)Cc2cc(CN3CCC[C@H]3c3ccc(C(=O)N4CCOCC4)cn3)ccc2O1. The first-order valence-corrected chi connectivity index (χ1v) is 11.4. The Kier molecular flexibility index (Phi) is 5.44. The fourth-order valence-corrected chi connectivity index (χ4v) is 5.02. The van der Waals surface area contributed by atoms with Crippen molar-refractivity contribution in [1.29, 1.82) is 0 Å². The molecule has 4 heterocycles. The molecule has 6 nitrogen and oxygen atoms in total. The minimum absolute atomic E-state index is 0.0499. The molecule has 164 valence electrons. The number of carbonyl (C=O) groups excluding carboxylic acids is 1. The van der Waals surface area contributed by atoms with Gasteiger partial charge in [0, 0.05) is 32.3 Å². The Morgan fingerprint density at radius 3 is 2.77 bits per heavy atom. The van der Waals surface area contributed by atoms with Crippen LogP contribution in [0.3, 0.4) is 0 Å². The summed E-state index contributed by atoms with van der Waals surface area (Å²) in [6, 6.07) is 10.9. The zero-order chi connectivity index (χ0) is 21.4. The topological polar surface area (TPSA) is 54.9 Å². The molecule has 3 aliphatic heterocycles. The van der Waals surface area contributed by atoms with E-state index in [1.807, 2.05) is 17.0 Å². The standard InChI is InChI=1S/C25H31N3O3/c1-25(2)15-20-14-18(5-8-23(20)31-25)17-28-9-3-4-22(28)21-7-6-19(16-26-21)24(29)27-10-12-30-13-11-27/h5-8,14,16,22H,3-4,9-13,15,17H2,1-2H3/t22-/m0/s1. The third-order valence-corrected chi connectivity index (χ3v) is 6.55. The van der Waals surface area contributed by atoms with Crippen LogP contribution in [-0.2, 0) is 17.7 Å². The Morgan fingerprint density at radius 2 is 2.00 bits per heavy atom. The van der Waals surface area contributed by atoms with E-state index in [1.165, 1.54) is 17.5 Å². The van der Waals surface area contributed by atoms with E-state index >= 15 is 0 Å². The number of fused-ring (bicyclic) bond motifs is 1. The Balaban J connectivity index is 1.27. The van der Waals surface area contributed by atoms with Gasteiger partial charge in [0.25, 0.3) is 5.91 Å². The van der Waals surface area contributed by atoms with Crippen LogP contribution in [0.15, 0.2) is 36.5 Å². The van der Waals surface area contributed by atoms with Crippen LogP contribution in [-0.4, -0.2) is 59.1 Å². The highest BCUT2D eigenvalue weighted by molar-refractivity contribution is 5.94. The average molecular weight is 422 g/mol. The summed E-state index contributed by atoms with van der Waals surface area (Å²) in [6.07, 6.45) is 4.98. The Bertz CT molecular complexity index is 951. The van der Waals surface area contributed by atoms with Gasteiger partial charge in [0.05, 0.1) is 30.5 Å². The molecule has 1 amide bonds. The molecule has 31 heavy (non-hydrogen) atoms. The van der Waals surface area contributed by atoms with Crippen molar-refractivity contribution in [1.82, 2.24) is 14.8 Å². The number of rotatable bonds is 4. The summed E-state index contributed by atoms with van der Waals surface area (Å²) >= 11 is 0. The first-order chi connectivity index (χ1) is 15.0. The zero-order valence-corrected chi connectivity index (χ0v) is 18.5. The van der Waals surface area contributed by atoms with Crippen LogP contribution in [0.1, 0.15) is 59.9 Å². The molecule has 0 spiro atoms. The van der Waals surface area contributed by atoms with Gasteiger partial charge in [-0.1, -0.05) is 12.1 Å². The summed E-state index contributed by atoms with van der Waals surface area (Å²) in [4.78, 5) is 21.7. The van der Waals surface area contributed by atoms with Crippen molar-refractivity contribution >= 4 is 5.91 Å². The fraction of sp³-hybridized carbons (Fsp3) is 0.520. The molecule has 0 unspecified atom stereocenters. The van der Waals surface area contributed by atoms with Crippen LogP contribution in [0.2, 0.25) is 0 Å². The van der Waals surface area contributed by atoms with Crippen molar-refractivity contribution in [3.05, 3.63) is 58.9 Å². The molecule has 1 aromatic heterocycles. The third-order valence-electron chi connectivity index (χ3n) is 6.55. The van der Waals surface area contributed by atoms with Gasteiger partial charge in [-0.2, -0.15) is 0 Å². The van der Waals surface area contributed by atoms with Crippen molar-refractivity contribution < 1.29 is 14.3 Å². The zero-order valence-electron chi connectivity index (χ0n) is 18.5. The lowest BCUT2D eigenvalue weighted by atomic mass is 10.00. The highest BCUT2D eigenvalue weighted by Gasteiger charge is 2.31. The van der Waals surface area contributed by atoms with Crippen LogP contribution >= 0.6 is 0 Å². The van der Waals surface area contributed by atoms with E-state index in [0.29, 0.717) is 37.9 Å². The van der Waals surface area contributed by atoms with Gasteiger partial charge in [-0.15, -0.1) is 0 Å². The second kappa shape index (κ2) is 8.24. The van der Waals surface area contributed by atoms with Gasteiger partial charge in [0.15, 0.2) is 0 Å². The van der Waals surface area contributed by atoms with Crippen LogP contribution < -0.4 is 4.74 Å². The van der Waals surface area contributed by atoms with Crippen molar-refractivity contribution in [3.8, 4) is 5.75 Å². The number of amides is 1. The predicted molar refractivity (Wildman–Crippen MR) is 118 cm³/mol. The number of aromatic nitrogens is 1. The molecule has 1 aromatic carbocycles. The largest absolute Gasteiger partial charge is 0.487 e. The second-order valence-electron chi connectivity index (χ2n) is 9.49. The van der Waals surface area contributed by atoms with Crippen LogP contribution in [0, 0.1) is 0 Å². The minimum Gasteiger partial charge on any atom is -0.487 e. The Labute approximate surface area is 184 Å². The summed E-state index contributed by atoms with van der Waals surface area (Å²) in [5.41, 5.74) is 4.24. The number of pyridine rings is 1. The van der Waals surface area contributed by atoms with Gasteiger partial charge in [0.1, 0.15) is 11.4 Å². The maximum absolute atomic E-state index is 12.7. The van der Waals surface area contributed by atoms with E-state index in [1.54, 1.807) is 6.20 Å². The number of nitrogens with zero attached hydrogens (tertiary/aromatic N) is 3. The van der Waals surface area contributed by atoms with Crippen molar-refractivity contribution in [2.75, 3.05) is 32.8 Å². The number of benzene rings is 1. The average Bonchev–Trinajstić information content (AvgIpc) is 3.36. The minimum atomic E-state index is -0.110. The third kappa shape index (κ3) is 4.32. The quantitative estimate of drug-likeness (QED) is 0.755. The molecular weight excluding hydrogens is 390 g/mol. The number of likely N-dealkylation sites (tertiary alicyclic amines) is 1. The highest BCUT2D eigenvalue weighted by atomic mass is 16.5. The molecule has 0 radical (unpaired) electrons. The first kappa shape index (κ1) is 20.5. The number of carbonyl (C=O) groups is 1. The highest BCUT2D eigenvalue weighted by Crippen LogP contribution is 2.37. The van der Waals surface area contributed by atoms with E-state index in [9.17, 15) is 4.79 Å². The predicted octanol–water partition coefficient (Wildman–Crippen LogP) is 3.60. The molecule has 3 aliphatic rings. The molecule has 0 aliphatic carbocycles. The van der Waals surface area contributed by atoms with Crippen LogP contribution in [0.25, 0.3) is 0 Å². The van der Waals surface area contributed by atoms with Gasteiger partial charge in [-0.05, 0) is 62.6 Å². The fourth-order valence-electron chi connectivity index (χ4n) is 5.02. The maximum Gasteiger partial charge on any atom is 0.255 e. The van der Waals surface area contributed by atoms with E-state index in [-0.39, 0.29) is 11.5 Å². The van der Waals surface area contributed by atoms with Crippen molar-refractivity contribution in [2.24, 2.45) is 0 Å². The number of morpholine rings is 1. The van der Waals surface area contributed by atoms with Crippen molar-refractivity contribution in [2.45, 2.75) is 51.3 Å². The van der Waals surface area contributed by atoms with Crippen molar-refractivity contribution in [3.63, 3.8) is 0 Å². The molecule has 0 N–H and O–H groups in total. The Morgan fingerprint density at radius 1 is 1.16 bits per heavy atom. The Hall–Kier alpha value is -2.44. The van der Waals surface area contributed by atoms with E-state index in [4.69, 9.17) is 14.5 Å². The van der Waals surface area contributed by atoms with E-state index < -0.39 is 0 Å². The lowest BCUT2D eigenvalue weighted by Crippen LogP contribution is -2.40. The second-order valence-corrected chi connectivity index (χ2v) is 9.49. The van der Waals surface area contributed by atoms with E-state index in [0.717, 1.165) is 37.4 Å². The lowest BCUT2D eigenvalue weighted by molar-refractivity contribution is 0.0302. The van der Waals surface area contributed by atoms with E-state index in [2.05, 4.69) is 36.9 Å². The summed E-state index contributed by atoms with van der Waals surface area (Å²) in [6.45, 7) is 8.79.